The highest BCUT2D eigenvalue weighted by Gasteiger charge is 2.05. The molecule has 3 aromatic rings. The molecule has 0 saturated heterocycles. The monoisotopic (exact) mass is 345 g/mol. The zero-order chi connectivity index (χ0) is 18.2. The summed E-state index contributed by atoms with van der Waals surface area (Å²) in [5.74, 6) is -0.235. The third-order valence-corrected chi connectivity index (χ3v) is 3.73. The Bertz CT molecular complexity index is 928. The molecule has 3 rings (SSSR count). The van der Waals surface area contributed by atoms with Crippen LogP contribution in [0, 0.1) is 6.92 Å². The van der Waals surface area contributed by atoms with Crippen molar-refractivity contribution in [3.63, 3.8) is 0 Å². The second-order valence-corrected chi connectivity index (χ2v) is 5.72. The zero-order valence-corrected chi connectivity index (χ0v) is 14.4. The van der Waals surface area contributed by atoms with Gasteiger partial charge in [0.2, 0.25) is 0 Å². The maximum Gasteiger partial charge on any atom is 0.271 e. The topological polar surface area (TPSA) is 72.2 Å². The van der Waals surface area contributed by atoms with Gasteiger partial charge >= 0.3 is 0 Å². The number of hydrazone groups is 1. The average molecular weight is 345 g/mol. The van der Waals surface area contributed by atoms with Crippen LogP contribution in [0.5, 0.6) is 0 Å². The number of aryl methyl sites for hydroxylation is 1. The van der Waals surface area contributed by atoms with Crippen molar-refractivity contribution in [3.8, 4) is 0 Å². The lowest BCUT2D eigenvalue weighted by Crippen LogP contribution is -2.18. The zero-order valence-electron chi connectivity index (χ0n) is 14.4. The minimum atomic E-state index is -0.235. The van der Waals surface area contributed by atoms with Crippen LogP contribution in [0.15, 0.2) is 72.0 Å². The molecule has 1 N–H and O–H groups in total. The Labute approximate surface area is 151 Å². The minimum Gasteiger partial charge on any atom is -0.267 e. The minimum absolute atomic E-state index is 0.235. The maximum atomic E-state index is 12.0. The highest BCUT2D eigenvalue weighted by molar-refractivity contribution is 5.96. The van der Waals surface area contributed by atoms with Crippen LogP contribution in [0.1, 0.15) is 27.2 Å². The molecule has 0 aliphatic rings. The highest BCUT2D eigenvalue weighted by atomic mass is 16.2. The fourth-order valence-electron chi connectivity index (χ4n) is 2.41. The number of amides is 1. The second-order valence-electron chi connectivity index (χ2n) is 5.72. The lowest BCUT2D eigenvalue weighted by molar-refractivity contribution is 0.0954. The van der Waals surface area contributed by atoms with Crippen LogP contribution in [0.25, 0.3) is 6.08 Å². The molecule has 0 aliphatic heterocycles. The van der Waals surface area contributed by atoms with E-state index in [2.05, 4.69) is 20.8 Å². The first-order valence-corrected chi connectivity index (χ1v) is 8.22. The summed E-state index contributed by atoms with van der Waals surface area (Å²) >= 11 is 0. The van der Waals surface area contributed by atoms with Crippen molar-refractivity contribution in [1.82, 2.24) is 20.4 Å². The predicted molar refractivity (Wildman–Crippen MR) is 102 cm³/mol. The Morgan fingerprint density at radius 3 is 2.73 bits per heavy atom. The van der Waals surface area contributed by atoms with E-state index in [1.807, 2.05) is 61.7 Å². The molecule has 6 nitrogen and oxygen atoms in total. The van der Waals surface area contributed by atoms with E-state index in [1.54, 1.807) is 22.9 Å². The molecule has 0 spiro atoms. The number of benzene rings is 2. The first-order chi connectivity index (χ1) is 12.7. The summed E-state index contributed by atoms with van der Waals surface area (Å²) in [4.78, 5) is 12.0. The molecule has 6 heteroatoms. The van der Waals surface area contributed by atoms with Gasteiger partial charge in [0.05, 0.1) is 12.7 Å². The van der Waals surface area contributed by atoms with Crippen LogP contribution in [0.4, 0.5) is 0 Å². The molecule has 130 valence electrons. The van der Waals surface area contributed by atoms with Gasteiger partial charge in [-0.25, -0.2) is 10.1 Å². The number of carbonyl (C=O) groups excluding carboxylic acids is 1. The summed E-state index contributed by atoms with van der Waals surface area (Å²) in [6, 6.07) is 17.4. The van der Waals surface area contributed by atoms with E-state index in [4.69, 9.17) is 0 Å². The molecule has 1 heterocycles. The largest absolute Gasteiger partial charge is 0.271 e. The van der Waals surface area contributed by atoms with E-state index in [-0.39, 0.29) is 5.91 Å². The van der Waals surface area contributed by atoms with Gasteiger partial charge in [-0.15, -0.1) is 5.10 Å². The number of hydrogen-bond acceptors (Lipinski definition) is 4. The third kappa shape index (κ3) is 4.73. The molecular weight excluding hydrogens is 326 g/mol. The number of carbonyl (C=O) groups is 1. The number of nitrogens with zero attached hydrogens (tertiary/aromatic N) is 4. The molecule has 2 aromatic carbocycles. The van der Waals surface area contributed by atoms with E-state index in [0.717, 1.165) is 16.8 Å². The van der Waals surface area contributed by atoms with Gasteiger partial charge < -0.3 is 0 Å². The maximum absolute atomic E-state index is 12.0. The molecule has 0 unspecified atom stereocenters. The Hall–Kier alpha value is -3.54. The van der Waals surface area contributed by atoms with Crippen LogP contribution in [-0.4, -0.2) is 27.1 Å². The number of nitrogens with one attached hydrogen (secondary N) is 1. The highest BCUT2D eigenvalue weighted by Crippen LogP contribution is 2.06. The van der Waals surface area contributed by atoms with Crippen LogP contribution in [-0.2, 0) is 6.54 Å². The predicted octanol–water partition coefficient (Wildman–Crippen LogP) is 3.06. The van der Waals surface area contributed by atoms with Crippen LogP contribution < -0.4 is 5.43 Å². The first-order valence-electron chi connectivity index (χ1n) is 8.22. The van der Waals surface area contributed by atoms with E-state index in [1.165, 1.54) is 6.21 Å². The smallest absolute Gasteiger partial charge is 0.267 e. The molecule has 0 saturated carbocycles. The lowest BCUT2D eigenvalue weighted by Gasteiger charge is -2.02. The summed E-state index contributed by atoms with van der Waals surface area (Å²) in [6.07, 6.45) is 6.84. The normalized spacial score (nSPS) is 11.3. The fourth-order valence-corrected chi connectivity index (χ4v) is 2.41. The van der Waals surface area contributed by atoms with Crippen molar-refractivity contribution in [1.29, 1.82) is 0 Å². The molecule has 1 amide bonds. The van der Waals surface area contributed by atoms with Gasteiger partial charge in [-0.05, 0) is 36.3 Å². The molecule has 26 heavy (non-hydrogen) atoms. The molecule has 0 aliphatic carbocycles. The standard InChI is InChI=1S/C20H19N5O/c1-16-8-5-6-12-19(16)20(26)23-21-13-7-11-18-15-25(24-22-18)14-17-9-3-2-4-10-17/h2-13,15H,14H2,1H3,(H,23,26)/b11-7+,21-13-. The lowest BCUT2D eigenvalue weighted by atomic mass is 10.1. The van der Waals surface area contributed by atoms with Crippen molar-refractivity contribution in [3.05, 3.63) is 89.3 Å². The van der Waals surface area contributed by atoms with Crippen molar-refractivity contribution in [2.45, 2.75) is 13.5 Å². The van der Waals surface area contributed by atoms with Gasteiger partial charge in [0.1, 0.15) is 5.69 Å². The van der Waals surface area contributed by atoms with E-state index in [0.29, 0.717) is 12.1 Å². The van der Waals surface area contributed by atoms with Crippen LogP contribution in [0.2, 0.25) is 0 Å². The van der Waals surface area contributed by atoms with Crippen LogP contribution in [0.3, 0.4) is 0 Å². The molecule has 0 atom stereocenters. The second kappa shape index (κ2) is 8.53. The first kappa shape index (κ1) is 17.3. The molecule has 0 bridgehead atoms. The van der Waals surface area contributed by atoms with Crippen molar-refractivity contribution >= 4 is 18.2 Å². The van der Waals surface area contributed by atoms with Crippen molar-refractivity contribution in [2.75, 3.05) is 0 Å². The van der Waals surface area contributed by atoms with E-state index >= 15 is 0 Å². The van der Waals surface area contributed by atoms with Gasteiger partial charge in [-0.3, -0.25) is 4.79 Å². The summed E-state index contributed by atoms with van der Waals surface area (Å²) in [6.45, 7) is 2.56. The van der Waals surface area contributed by atoms with Gasteiger partial charge in [0.15, 0.2) is 0 Å². The van der Waals surface area contributed by atoms with Crippen LogP contribution >= 0.6 is 0 Å². The fraction of sp³-hybridized carbons (Fsp3) is 0.100. The Kier molecular flexibility index (Phi) is 5.67. The summed E-state index contributed by atoms with van der Waals surface area (Å²) in [5, 5.41) is 12.1. The van der Waals surface area contributed by atoms with Crippen molar-refractivity contribution < 1.29 is 4.79 Å². The Morgan fingerprint density at radius 2 is 1.92 bits per heavy atom. The summed E-state index contributed by atoms with van der Waals surface area (Å²) in [5.41, 5.74) is 5.90. The SMILES string of the molecule is Cc1ccccc1C(=O)N/N=C\C=C\c1cn(Cc2ccccc2)nn1. The summed E-state index contributed by atoms with van der Waals surface area (Å²) in [7, 11) is 0. The average Bonchev–Trinajstić information content (AvgIpc) is 3.10. The molecule has 1 aromatic heterocycles. The molecular formula is C20H19N5O. The Morgan fingerprint density at radius 1 is 1.15 bits per heavy atom. The Balaban J connectivity index is 1.52. The number of hydrogen-bond donors (Lipinski definition) is 1. The van der Waals surface area contributed by atoms with Gasteiger partial charge in [-0.2, -0.15) is 5.10 Å². The van der Waals surface area contributed by atoms with E-state index < -0.39 is 0 Å². The summed E-state index contributed by atoms with van der Waals surface area (Å²) < 4.78 is 1.77. The quantitative estimate of drug-likeness (QED) is 0.551. The van der Waals surface area contributed by atoms with E-state index in [9.17, 15) is 4.79 Å². The van der Waals surface area contributed by atoms with Gasteiger partial charge in [0.25, 0.3) is 5.91 Å². The number of aromatic nitrogens is 3. The molecule has 0 radical (unpaired) electrons. The van der Waals surface area contributed by atoms with Gasteiger partial charge in [-0.1, -0.05) is 53.7 Å². The van der Waals surface area contributed by atoms with Gasteiger partial charge in [0, 0.05) is 11.8 Å². The number of rotatable bonds is 6. The molecule has 0 fully saturated rings. The third-order valence-electron chi connectivity index (χ3n) is 3.73. The van der Waals surface area contributed by atoms with Crippen molar-refractivity contribution in [2.24, 2.45) is 5.10 Å². The number of allylic oxidation sites excluding steroid dienone is 1.